The van der Waals surface area contributed by atoms with Gasteiger partial charge >= 0.3 is 0 Å². The second-order valence-electron chi connectivity index (χ2n) is 6.36. The first kappa shape index (κ1) is 16.8. The summed E-state index contributed by atoms with van der Waals surface area (Å²) in [5.41, 5.74) is 1.39. The minimum absolute atomic E-state index is 0.551. The van der Waals surface area contributed by atoms with E-state index in [-0.39, 0.29) is 0 Å². The fraction of sp³-hybridized carbons (Fsp3) is 0.812. The lowest BCUT2D eigenvalue weighted by atomic mass is 9.78. The van der Waals surface area contributed by atoms with E-state index in [1.165, 1.54) is 6.42 Å². The number of rotatable bonds is 6. The van der Waals surface area contributed by atoms with Crippen LogP contribution in [0.15, 0.2) is 0 Å². The highest BCUT2D eigenvalue weighted by atomic mass is 35.5. The van der Waals surface area contributed by atoms with Crippen LogP contribution in [-0.4, -0.2) is 27.0 Å². The SMILES string of the molecule is CCc1nn(C)c(CNCC2(O)CCC(CC)CC2)c1Cl. The fourth-order valence-corrected chi connectivity index (χ4v) is 3.59. The van der Waals surface area contributed by atoms with Crippen molar-refractivity contribution in [2.45, 2.75) is 64.5 Å². The van der Waals surface area contributed by atoms with Gasteiger partial charge in [-0.3, -0.25) is 4.68 Å². The van der Waals surface area contributed by atoms with Crippen LogP contribution in [0.3, 0.4) is 0 Å². The van der Waals surface area contributed by atoms with E-state index in [4.69, 9.17) is 11.6 Å². The number of hydrogen-bond acceptors (Lipinski definition) is 3. The van der Waals surface area contributed by atoms with E-state index < -0.39 is 5.60 Å². The molecule has 0 amide bonds. The maximum absolute atomic E-state index is 10.6. The van der Waals surface area contributed by atoms with Crippen molar-refractivity contribution < 1.29 is 5.11 Å². The lowest BCUT2D eigenvalue weighted by molar-refractivity contribution is -0.00891. The van der Waals surface area contributed by atoms with Crippen LogP contribution in [0, 0.1) is 5.92 Å². The molecule has 0 spiro atoms. The second kappa shape index (κ2) is 7.12. The Hall–Kier alpha value is -0.580. The topological polar surface area (TPSA) is 50.1 Å². The Morgan fingerprint density at radius 2 is 2.05 bits per heavy atom. The molecule has 0 bridgehead atoms. The molecular weight excluding hydrogens is 286 g/mol. The first-order valence-corrected chi connectivity index (χ1v) is 8.50. The van der Waals surface area contributed by atoms with Crippen molar-refractivity contribution in [3.63, 3.8) is 0 Å². The number of aliphatic hydroxyl groups is 1. The van der Waals surface area contributed by atoms with Crippen LogP contribution in [0.5, 0.6) is 0 Å². The van der Waals surface area contributed by atoms with E-state index in [9.17, 15) is 5.11 Å². The Balaban J connectivity index is 1.86. The van der Waals surface area contributed by atoms with Crippen molar-refractivity contribution in [3.05, 3.63) is 16.4 Å². The zero-order valence-corrected chi connectivity index (χ0v) is 14.2. The van der Waals surface area contributed by atoms with Gasteiger partial charge in [0.25, 0.3) is 0 Å². The first-order chi connectivity index (χ1) is 9.99. The number of aromatic nitrogens is 2. The van der Waals surface area contributed by atoms with Crippen LogP contribution in [0.1, 0.15) is 57.3 Å². The molecule has 1 fully saturated rings. The van der Waals surface area contributed by atoms with Crippen molar-refractivity contribution in [1.29, 1.82) is 0 Å². The molecule has 0 unspecified atom stereocenters. The summed E-state index contributed by atoms with van der Waals surface area (Å²) in [7, 11) is 1.92. The molecule has 4 nitrogen and oxygen atoms in total. The maximum Gasteiger partial charge on any atom is 0.0863 e. The summed E-state index contributed by atoms with van der Waals surface area (Å²) >= 11 is 6.34. The molecular formula is C16H28ClN3O. The molecule has 1 aliphatic rings. The molecule has 1 heterocycles. The van der Waals surface area contributed by atoms with Crippen molar-refractivity contribution in [2.75, 3.05) is 6.54 Å². The molecule has 1 aromatic rings. The highest BCUT2D eigenvalue weighted by Gasteiger charge is 2.32. The summed E-state index contributed by atoms with van der Waals surface area (Å²) < 4.78 is 1.84. The predicted octanol–water partition coefficient (Wildman–Crippen LogP) is 3.06. The van der Waals surface area contributed by atoms with E-state index in [1.54, 1.807) is 0 Å². The maximum atomic E-state index is 10.6. The number of halogens is 1. The van der Waals surface area contributed by atoms with Crippen molar-refractivity contribution in [2.24, 2.45) is 13.0 Å². The number of aryl methyl sites for hydroxylation is 2. The van der Waals surface area contributed by atoms with E-state index in [2.05, 4.69) is 24.3 Å². The Bertz CT molecular complexity index is 464. The van der Waals surface area contributed by atoms with Gasteiger partial charge in [0.2, 0.25) is 0 Å². The van der Waals surface area contributed by atoms with Crippen LogP contribution >= 0.6 is 11.6 Å². The summed E-state index contributed by atoms with van der Waals surface area (Å²) in [5.74, 6) is 0.795. The summed E-state index contributed by atoms with van der Waals surface area (Å²) in [6.07, 6.45) is 6.15. The molecule has 0 aromatic carbocycles. The lowest BCUT2D eigenvalue weighted by Gasteiger charge is -2.36. The third-order valence-corrected chi connectivity index (χ3v) is 5.30. The van der Waals surface area contributed by atoms with Gasteiger partial charge in [0.1, 0.15) is 0 Å². The Morgan fingerprint density at radius 3 is 2.57 bits per heavy atom. The smallest absolute Gasteiger partial charge is 0.0863 e. The zero-order valence-electron chi connectivity index (χ0n) is 13.5. The number of nitrogens with one attached hydrogen (secondary N) is 1. The normalized spacial score (nSPS) is 26.2. The molecule has 1 saturated carbocycles. The van der Waals surface area contributed by atoms with Gasteiger partial charge < -0.3 is 10.4 Å². The van der Waals surface area contributed by atoms with Crippen molar-refractivity contribution >= 4 is 11.6 Å². The third kappa shape index (κ3) is 3.99. The molecule has 21 heavy (non-hydrogen) atoms. The molecule has 2 rings (SSSR count). The predicted molar refractivity (Wildman–Crippen MR) is 86.5 cm³/mol. The van der Waals surface area contributed by atoms with Gasteiger partial charge in [0.15, 0.2) is 0 Å². The molecule has 0 saturated heterocycles. The summed E-state index contributed by atoms with van der Waals surface area (Å²) in [6.45, 7) is 5.58. The quantitative estimate of drug-likeness (QED) is 0.848. The highest BCUT2D eigenvalue weighted by molar-refractivity contribution is 6.31. The molecule has 0 atom stereocenters. The van der Waals surface area contributed by atoms with Gasteiger partial charge in [-0.2, -0.15) is 5.10 Å². The van der Waals surface area contributed by atoms with Crippen molar-refractivity contribution in [3.8, 4) is 0 Å². The minimum Gasteiger partial charge on any atom is -0.389 e. The van der Waals surface area contributed by atoms with Gasteiger partial charge in [0.05, 0.1) is 22.0 Å². The van der Waals surface area contributed by atoms with Gasteiger partial charge in [-0.15, -0.1) is 0 Å². The molecule has 1 aliphatic carbocycles. The lowest BCUT2D eigenvalue weighted by Crippen LogP contribution is -2.43. The Morgan fingerprint density at radius 1 is 1.38 bits per heavy atom. The van der Waals surface area contributed by atoms with Crippen LogP contribution in [0.4, 0.5) is 0 Å². The fourth-order valence-electron chi connectivity index (χ4n) is 3.23. The molecule has 5 heteroatoms. The second-order valence-corrected chi connectivity index (χ2v) is 6.74. The van der Waals surface area contributed by atoms with E-state index in [0.717, 1.165) is 54.4 Å². The van der Waals surface area contributed by atoms with Gasteiger partial charge in [-0.05, 0) is 38.0 Å². The molecule has 1 aromatic heterocycles. The van der Waals surface area contributed by atoms with Gasteiger partial charge in [-0.1, -0.05) is 31.9 Å². The van der Waals surface area contributed by atoms with E-state index in [1.807, 2.05) is 11.7 Å². The summed E-state index contributed by atoms with van der Waals surface area (Å²) in [6, 6.07) is 0. The standard InChI is InChI=1S/C16H28ClN3O/c1-4-12-6-8-16(21,9-7-12)11-18-10-14-15(17)13(5-2)19-20(14)3/h12,18,21H,4-11H2,1-3H3. The Kier molecular flexibility index (Phi) is 5.69. The largest absolute Gasteiger partial charge is 0.389 e. The molecule has 2 N–H and O–H groups in total. The summed E-state index contributed by atoms with van der Waals surface area (Å²) in [5, 5.41) is 19.2. The highest BCUT2D eigenvalue weighted by Crippen LogP contribution is 2.33. The molecule has 120 valence electrons. The third-order valence-electron chi connectivity index (χ3n) is 4.86. The average molecular weight is 314 g/mol. The Labute approximate surface area is 132 Å². The van der Waals surface area contributed by atoms with E-state index >= 15 is 0 Å². The number of hydrogen-bond donors (Lipinski definition) is 2. The molecule has 0 radical (unpaired) electrons. The zero-order chi connectivity index (χ0) is 15.5. The van der Waals surface area contributed by atoms with Crippen LogP contribution in [0.2, 0.25) is 5.02 Å². The van der Waals surface area contributed by atoms with E-state index in [0.29, 0.717) is 13.1 Å². The van der Waals surface area contributed by atoms with Gasteiger partial charge in [-0.25, -0.2) is 0 Å². The first-order valence-electron chi connectivity index (χ1n) is 8.12. The minimum atomic E-state index is -0.551. The number of nitrogens with zero attached hydrogens (tertiary/aromatic N) is 2. The molecule has 0 aliphatic heterocycles. The van der Waals surface area contributed by atoms with Crippen LogP contribution < -0.4 is 5.32 Å². The van der Waals surface area contributed by atoms with Crippen LogP contribution in [0.25, 0.3) is 0 Å². The average Bonchev–Trinajstić information content (AvgIpc) is 2.75. The van der Waals surface area contributed by atoms with Crippen molar-refractivity contribution in [1.82, 2.24) is 15.1 Å². The summed E-state index contributed by atoms with van der Waals surface area (Å²) in [4.78, 5) is 0. The monoisotopic (exact) mass is 313 g/mol. The van der Waals surface area contributed by atoms with Gasteiger partial charge in [0, 0.05) is 20.1 Å². The van der Waals surface area contributed by atoms with Crippen LogP contribution in [-0.2, 0) is 20.0 Å².